The van der Waals surface area contributed by atoms with Crippen molar-refractivity contribution < 1.29 is 33.1 Å². The van der Waals surface area contributed by atoms with Crippen molar-refractivity contribution in [1.82, 2.24) is 0 Å². The number of benzene rings is 2. The molecule has 0 aliphatic rings. The second-order valence-electron chi connectivity index (χ2n) is 5.42. The minimum Gasteiger partial charge on any atom is -0.475 e. The third-order valence-corrected chi connectivity index (χ3v) is 3.91. The molecule has 2 heterocycles. The van der Waals surface area contributed by atoms with Gasteiger partial charge in [0.1, 0.15) is 17.0 Å². The molecule has 6 N–H and O–H groups in total. The van der Waals surface area contributed by atoms with Crippen LogP contribution in [0.15, 0.2) is 51.3 Å². The van der Waals surface area contributed by atoms with Crippen LogP contribution >= 0.6 is 0 Å². The summed E-state index contributed by atoms with van der Waals surface area (Å²) in [4.78, 5) is 24.0. The zero-order chi connectivity index (χ0) is 19.7. The normalized spacial score (nSPS) is 10.6. The molecule has 0 radical (unpaired) electrons. The van der Waals surface area contributed by atoms with Crippen LogP contribution in [0.3, 0.4) is 0 Å². The summed E-state index contributed by atoms with van der Waals surface area (Å²) >= 11 is 0. The van der Waals surface area contributed by atoms with Crippen LogP contribution < -0.4 is 11.6 Å². The average molecular weight is 372 g/mol. The van der Waals surface area contributed by atoms with Crippen molar-refractivity contribution in [3.63, 3.8) is 0 Å². The first-order chi connectivity index (χ1) is 13.0. The number of ketones is 1. The Balaban J connectivity index is 0.00000102. The smallest absolute Gasteiger partial charge is 0.374 e. The number of aromatic carboxylic acids is 1. The van der Waals surface area contributed by atoms with E-state index in [1.807, 2.05) is 0 Å². The molecule has 0 atom stereocenters. The number of nitrogen functional groups attached to an aromatic ring is 1. The van der Waals surface area contributed by atoms with E-state index in [9.17, 15) is 14.0 Å². The number of hydrogen-bond acceptors (Lipinski definition) is 7. The van der Waals surface area contributed by atoms with E-state index in [1.54, 1.807) is 24.3 Å². The van der Waals surface area contributed by atoms with Crippen molar-refractivity contribution in [1.29, 1.82) is 0 Å². The number of anilines is 1. The van der Waals surface area contributed by atoms with E-state index in [-0.39, 0.29) is 28.0 Å². The first kappa shape index (κ1) is 18.1. The number of fused-ring (bicyclic) bond motifs is 2. The van der Waals surface area contributed by atoms with E-state index < -0.39 is 23.3 Å². The number of carbonyl (C=O) groups is 2. The summed E-state index contributed by atoms with van der Waals surface area (Å²) in [6.07, 6.45) is 0. The van der Waals surface area contributed by atoms with Crippen molar-refractivity contribution >= 4 is 39.4 Å². The molecule has 4 aromatic rings. The largest absolute Gasteiger partial charge is 0.475 e. The van der Waals surface area contributed by atoms with Crippen molar-refractivity contribution in [3.05, 3.63) is 65.4 Å². The highest BCUT2D eigenvalue weighted by molar-refractivity contribution is 6.19. The van der Waals surface area contributed by atoms with Gasteiger partial charge in [0.25, 0.3) is 0 Å². The lowest BCUT2D eigenvalue weighted by atomic mass is 10.0. The third kappa shape index (κ3) is 2.90. The fraction of sp³-hybridized carbons (Fsp3) is 0. The van der Waals surface area contributed by atoms with Crippen LogP contribution in [0.1, 0.15) is 26.7 Å². The summed E-state index contributed by atoms with van der Waals surface area (Å²) in [7, 11) is 0. The number of rotatable bonds is 3. The van der Waals surface area contributed by atoms with Gasteiger partial charge in [-0.15, -0.1) is 0 Å². The molecular weight excluding hydrogens is 359 g/mol. The summed E-state index contributed by atoms with van der Waals surface area (Å²) in [5.74, 6) is -0.119. The Morgan fingerprint density at radius 3 is 2.37 bits per heavy atom. The van der Waals surface area contributed by atoms with Crippen LogP contribution in [0.2, 0.25) is 0 Å². The summed E-state index contributed by atoms with van der Waals surface area (Å²) in [5.41, 5.74) is 5.57. The number of carbonyl (C=O) groups excluding carboxylic acids is 1. The second-order valence-corrected chi connectivity index (χ2v) is 5.42. The molecule has 0 bridgehead atoms. The molecule has 2 aromatic heterocycles. The van der Waals surface area contributed by atoms with Crippen LogP contribution in [-0.2, 0) is 0 Å². The number of carboxylic acid groups (broad SMARTS) is 1. The van der Waals surface area contributed by atoms with Gasteiger partial charge < -0.3 is 24.9 Å². The monoisotopic (exact) mass is 372 g/mol. The topological polar surface area (TPSA) is 153 Å². The van der Waals surface area contributed by atoms with E-state index in [1.165, 1.54) is 12.1 Å². The van der Waals surface area contributed by atoms with Gasteiger partial charge in [-0.2, -0.15) is 0 Å². The molecule has 2 aromatic carbocycles. The van der Waals surface area contributed by atoms with Crippen molar-refractivity contribution in [2.75, 3.05) is 5.73 Å². The molecule has 0 fully saturated rings. The van der Waals surface area contributed by atoms with Crippen LogP contribution in [0, 0.1) is 5.82 Å². The number of halogens is 1. The number of furan rings is 2. The molecule has 138 valence electrons. The molecule has 9 heteroatoms. The Morgan fingerprint density at radius 2 is 1.70 bits per heavy atom. The Labute approximate surface area is 150 Å². The first-order valence-electron chi connectivity index (χ1n) is 7.50. The predicted octanol–water partition coefficient (Wildman–Crippen LogP) is 3.16. The van der Waals surface area contributed by atoms with Gasteiger partial charge in [-0.3, -0.25) is 4.79 Å². The summed E-state index contributed by atoms with van der Waals surface area (Å²) in [6.45, 7) is 0. The number of nitrogens with two attached hydrogens (primary N) is 2. The van der Waals surface area contributed by atoms with Gasteiger partial charge in [0.15, 0.2) is 5.76 Å². The highest BCUT2D eigenvalue weighted by Gasteiger charge is 2.27. The highest BCUT2D eigenvalue weighted by Crippen LogP contribution is 2.34. The lowest BCUT2D eigenvalue weighted by Gasteiger charge is -2.02. The summed E-state index contributed by atoms with van der Waals surface area (Å²) in [5, 5.41) is 16.2. The molecule has 0 spiro atoms. The van der Waals surface area contributed by atoms with Crippen molar-refractivity contribution in [2.45, 2.75) is 0 Å². The molecular formula is C18H13FN2O6. The molecule has 0 unspecified atom stereocenters. The summed E-state index contributed by atoms with van der Waals surface area (Å²) < 4.78 is 25.0. The fourth-order valence-corrected chi connectivity index (χ4v) is 2.79. The van der Waals surface area contributed by atoms with E-state index >= 15 is 0 Å². The van der Waals surface area contributed by atoms with Crippen molar-refractivity contribution in [3.8, 4) is 0 Å². The zero-order valence-corrected chi connectivity index (χ0v) is 13.6. The van der Waals surface area contributed by atoms with Gasteiger partial charge >= 0.3 is 5.97 Å². The highest BCUT2D eigenvalue weighted by atomic mass is 19.1. The third-order valence-electron chi connectivity index (χ3n) is 3.91. The Bertz CT molecular complexity index is 1140. The maximum atomic E-state index is 14.4. The SMILES string of the molecule is NO.Nc1c(C(=O)O)oc2ccc(F)c(C(=O)c3cc4ccccc4o3)c12. The van der Waals surface area contributed by atoms with Gasteiger partial charge in [-0.05, 0) is 24.3 Å². The van der Waals surface area contributed by atoms with E-state index in [0.717, 1.165) is 6.07 Å². The number of carboxylic acids is 1. The number of para-hydroxylation sites is 1. The molecule has 27 heavy (non-hydrogen) atoms. The first-order valence-corrected chi connectivity index (χ1v) is 7.50. The second kappa shape index (κ2) is 6.90. The molecule has 0 aliphatic carbocycles. The zero-order valence-electron chi connectivity index (χ0n) is 13.6. The molecule has 8 nitrogen and oxygen atoms in total. The van der Waals surface area contributed by atoms with Crippen LogP contribution in [0.5, 0.6) is 0 Å². The quantitative estimate of drug-likeness (QED) is 0.316. The molecule has 0 aliphatic heterocycles. The van der Waals surface area contributed by atoms with Gasteiger partial charge in [-0.1, -0.05) is 18.2 Å². The Hall–Kier alpha value is -3.69. The maximum Gasteiger partial charge on any atom is 0.374 e. The Morgan fingerprint density at radius 1 is 1.00 bits per heavy atom. The molecule has 4 rings (SSSR count). The van der Waals surface area contributed by atoms with Gasteiger partial charge in [-0.25, -0.2) is 15.1 Å². The van der Waals surface area contributed by atoms with Gasteiger partial charge in [0, 0.05) is 5.39 Å². The average Bonchev–Trinajstić information content (AvgIpc) is 3.25. The van der Waals surface area contributed by atoms with Crippen LogP contribution in [0.4, 0.5) is 10.1 Å². The van der Waals surface area contributed by atoms with Crippen molar-refractivity contribution in [2.24, 2.45) is 5.90 Å². The molecule has 0 amide bonds. The lowest BCUT2D eigenvalue weighted by molar-refractivity contribution is 0.0666. The fourth-order valence-electron chi connectivity index (χ4n) is 2.79. The lowest BCUT2D eigenvalue weighted by Crippen LogP contribution is -2.05. The maximum absolute atomic E-state index is 14.4. The van der Waals surface area contributed by atoms with Gasteiger partial charge in [0.05, 0.1) is 16.6 Å². The van der Waals surface area contributed by atoms with Crippen LogP contribution in [-0.4, -0.2) is 22.1 Å². The van der Waals surface area contributed by atoms with Crippen LogP contribution in [0.25, 0.3) is 21.9 Å². The molecule has 0 saturated carbocycles. The molecule has 0 saturated heterocycles. The van der Waals surface area contributed by atoms with E-state index in [2.05, 4.69) is 5.90 Å². The number of hydrogen-bond donors (Lipinski definition) is 4. The van der Waals surface area contributed by atoms with E-state index in [4.69, 9.17) is 24.9 Å². The van der Waals surface area contributed by atoms with E-state index in [0.29, 0.717) is 11.0 Å². The Kier molecular flexibility index (Phi) is 4.63. The minimum absolute atomic E-state index is 0.00996. The minimum atomic E-state index is -1.41. The summed E-state index contributed by atoms with van der Waals surface area (Å²) in [6, 6.07) is 10.7. The van der Waals surface area contributed by atoms with Gasteiger partial charge in [0.2, 0.25) is 11.5 Å². The standard InChI is InChI=1S/C18H10FNO5.H3NO/c19-9-5-6-11-14(15(20)17(25-11)18(22)23)13(9)16(21)12-7-8-3-1-2-4-10(8)24-12;1-2/h1-7H,20H2,(H,22,23);2H,1H2. The predicted molar refractivity (Wildman–Crippen MR) is 93.2 cm³/mol.